The maximum atomic E-state index is 11.6. The number of rotatable bonds is 7. The van der Waals surface area contributed by atoms with Crippen LogP contribution in [0.15, 0.2) is 0 Å². The van der Waals surface area contributed by atoms with Gasteiger partial charge in [-0.1, -0.05) is 59.6 Å². The second kappa shape index (κ2) is 8.91. The van der Waals surface area contributed by atoms with Crippen LogP contribution in [0.25, 0.3) is 0 Å². The van der Waals surface area contributed by atoms with E-state index in [9.17, 15) is 9.59 Å². The quantitative estimate of drug-likeness (QED) is 0.497. The zero-order valence-corrected chi connectivity index (χ0v) is 14.3. The van der Waals surface area contributed by atoms with E-state index in [0.717, 1.165) is 0 Å². The Kier molecular flexibility index (Phi) is 8.86. The van der Waals surface area contributed by atoms with Crippen LogP contribution in [-0.2, 0) is 19.1 Å². The molecule has 0 amide bonds. The van der Waals surface area contributed by atoms with E-state index in [2.05, 4.69) is 31.9 Å². The number of carbonyl (C=O) groups excluding carboxylic acids is 2. The highest BCUT2D eigenvalue weighted by Gasteiger charge is 2.32. The third-order valence-electron chi connectivity index (χ3n) is 1.83. The number of carbonyl (C=O) groups is 2. The predicted octanol–water partition coefficient (Wildman–Crippen LogP) is 2.91. The first kappa shape index (κ1) is 17.9. The Balaban J connectivity index is 4.18. The Morgan fingerprint density at radius 3 is 1.33 bits per heavy atom. The zero-order chi connectivity index (χ0) is 14.3. The molecule has 18 heavy (non-hydrogen) atoms. The van der Waals surface area contributed by atoms with Crippen molar-refractivity contribution in [3.63, 3.8) is 0 Å². The minimum atomic E-state index is -0.740. The van der Waals surface area contributed by atoms with Crippen molar-refractivity contribution in [2.45, 2.75) is 37.3 Å². The maximum Gasteiger partial charge on any atom is 0.321 e. The first-order chi connectivity index (χ1) is 8.25. The minimum absolute atomic E-state index is 0.260. The largest absolute Gasteiger partial charge is 0.465 e. The molecule has 0 aliphatic carbocycles. The van der Waals surface area contributed by atoms with E-state index in [1.807, 2.05) is 27.7 Å². The number of hydrogen-bond acceptors (Lipinski definition) is 4. The number of hydrogen-bond donors (Lipinski definition) is 0. The molecule has 106 valence electrons. The molecule has 0 radical (unpaired) electrons. The van der Waals surface area contributed by atoms with Gasteiger partial charge in [0.25, 0.3) is 0 Å². The van der Waals surface area contributed by atoms with E-state index in [0.29, 0.717) is 13.2 Å². The molecule has 0 fully saturated rings. The Bertz CT molecular complexity index is 251. The topological polar surface area (TPSA) is 52.6 Å². The van der Waals surface area contributed by atoms with E-state index in [4.69, 9.17) is 9.47 Å². The molecule has 0 heterocycles. The highest BCUT2D eigenvalue weighted by atomic mass is 79.9. The molecule has 0 spiro atoms. The number of halogens is 2. The summed E-state index contributed by atoms with van der Waals surface area (Å²) in [5.74, 6) is -0.412. The molecular weight excluding hydrogens is 368 g/mol. The highest BCUT2D eigenvalue weighted by Crippen LogP contribution is 2.18. The molecule has 0 rings (SSSR count). The van der Waals surface area contributed by atoms with E-state index in [1.165, 1.54) is 0 Å². The second-order valence-corrected chi connectivity index (χ2v) is 6.82. The van der Waals surface area contributed by atoms with Crippen molar-refractivity contribution in [1.82, 2.24) is 0 Å². The zero-order valence-electron chi connectivity index (χ0n) is 11.1. The molecule has 0 unspecified atom stereocenters. The van der Waals surface area contributed by atoms with Gasteiger partial charge in [0.15, 0.2) is 0 Å². The van der Waals surface area contributed by atoms with Crippen molar-refractivity contribution >= 4 is 43.8 Å². The van der Waals surface area contributed by atoms with Gasteiger partial charge in [-0.05, 0) is 11.8 Å². The fourth-order valence-electron chi connectivity index (χ4n) is 0.896. The van der Waals surface area contributed by atoms with Crippen molar-refractivity contribution in [2.24, 2.45) is 11.8 Å². The van der Waals surface area contributed by atoms with E-state index in [1.54, 1.807) is 0 Å². The van der Waals surface area contributed by atoms with Gasteiger partial charge < -0.3 is 9.47 Å². The van der Waals surface area contributed by atoms with Gasteiger partial charge in [-0.15, -0.1) is 0 Å². The second-order valence-electron chi connectivity index (χ2n) is 4.85. The van der Waals surface area contributed by atoms with E-state index in [-0.39, 0.29) is 11.8 Å². The lowest BCUT2D eigenvalue weighted by Gasteiger charge is -2.16. The van der Waals surface area contributed by atoms with E-state index >= 15 is 0 Å². The molecular formula is C12H20Br2O4. The van der Waals surface area contributed by atoms with E-state index < -0.39 is 21.6 Å². The van der Waals surface area contributed by atoms with Gasteiger partial charge in [-0.3, -0.25) is 9.59 Å². The summed E-state index contributed by atoms with van der Waals surface area (Å²) in [6.07, 6.45) is 0. The predicted molar refractivity (Wildman–Crippen MR) is 77.0 cm³/mol. The summed E-state index contributed by atoms with van der Waals surface area (Å²) >= 11 is 6.29. The van der Waals surface area contributed by atoms with Crippen LogP contribution in [0.2, 0.25) is 0 Å². The molecule has 0 aromatic rings. The van der Waals surface area contributed by atoms with Crippen LogP contribution < -0.4 is 0 Å². The summed E-state index contributed by atoms with van der Waals surface area (Å²) < 4.78 is 10.1. The molecule has 2 atom stereocenters. The lowest BCUT2D eigenvalue weighted by atomic mass is 10.2. The Labute approximate surface area is 125 Å². The third-order valence-corrected chi connectivity index (χ3v) is 4.34. The summed E-state index contributed by atoms with van der Waals surface area (Å²) in [7, 11) is 0. The fourth-order valence-corrected chi connectivity index (χ4v) is 1.59. The molecule has 0 bridgehead atoms. The monoisotopic (exact) mass is 386 g/mol. The number of ether oxygens (including phenoxy) is 2. The first-order valence-corrected chi connectivity index (χ1v) is 7.70. The van der Waals surface area contributed by atoms with Crippen LogP contribution in [0.4, 0.5) is 0 Å². The number of alkyl halides is 2. The molecule has 0 saturated carbocycles. The van der Waals surface area contributed by atoms with Crippen LogP contribution in [0.1, 0.15) is 27.7 Å². The van der Waals surface area contributed by atoms with Gasteiger partial charge in [-0.2, -0.15) is 0 Å². The van der Waals surface area contributed by atoms with Gasteiger partial charge in [0.1, 0.15) is 9.65 Å². The standard InChI is InChI=1S/C12H20Br2O4/c1-7(2)5-17-11(15)9(13)10(14)12(16)18-6-8(3)4/h7-10H,5-6H2,1-4H3/t9-,10-/m0/s1. The summed E-state index contributed by atoms with van der Waals surface area (Å²) in [4.78, 5) is 21.8. The average molecular weight is 388 g/mol. The molecule has 6 heteroatoms. The molecule has 0 aromatic carbocycles. The van der Waals surface area contributed by atoms with Crippen molar-refractivity contribution in [1.29, 1.82) is 0 Å². The Hall–Kier alpha value is -0.100. The van der Waals surface area contributed by atoms with Crippen molar-refractivity contribution < 1.29 is 19.1 Å². The molecule has 0 aliphatic heterocycles. The summed E-state index contributed by atoms with van der Waals surface area (Å²) in [5, 5.41) is 0. The summed E-state index contributed by atoms with van der Waals surface area (Å²) in [6, 6.07) is 0. The highest BCUT2D eigenvalue weighted by molar-refractivity contribution is 9.12. The molecule has 0 N–H and O–H groups in total. The van der Waals surface area contributed by atoms with Gasteiger partial charge in [-0.25, -0.2) is 0 Å². The van der Waals surface area contributed by atoms with Crippen molar-refractivity contribution in [3.8, 4) is 0 Å². The molecule has 0 aromatic heterocycles. The Morgan fingerprint density at radius 2 is 1.11 bits per heavy atom. The van der Waals surface area contributed by atoms with Gasteiger partial charge in [0.2, 0.25) is 0 Å². The lowest BCUT2D eigenvalue weighted by molar-refractivity contribution is -0.149. The van der Waals surface area contributed by atoms with Crippen LogP contribution in [0.5, 0.6) is 0 Å². The Morgan fingerprint density at radius 1 is 0.833 bits per heavy atom. The van der Waals surface area contributed by atoms with Crippen molar-refractivity contribution in [2.75, 3.05) is 13.2 Å². The van der Waals surface area contributed by atoms with Gasteiger partial charge in [0.05, 0.1) is 13.2 Å². The lowest BCUT2D eigenvalue weighted by Crippen LogP contribution is -2.34. The molecule has 0 saturated heterocycles. The fraction of sp³-hybridized carbons (Fsp3) is 0.833. The van der Waals surface area contributed by atoms with Crippen LogP contribution >= 0.6 is 31.9 Å². The van der Waals surface area contributed by atoms with Gasteiger partial charge in [0, 0.05) is 0 Å². The number of esters is 2. The molecule has 4 nitrogen and oxygen atoms in total. The van der Waals surface area contributed by atoms with Crippen molar-refractivity contribution in [3.05, 3.63) is 0 Å². The van der Waals surface area contributed by atoms with Gasteiger partial charge >= 0.3 is 11.9 Å². The SMILES string of the molecule is CC(C)COC(=O)[C@@H](Br)[C@H](Br)C(=O)OCC(C)C. The van der Waals surface area contributed by atoms with Crippen LogP contribution in [0, 0.1) is 11.8 Å². The first-order valence-electron chi connectivity index (χ1n) is 5.87. The minimum Gasteiger partial charge on any atom is -0.465 e. The maximum absolute atomic E-state index is 11.6. The smallest absolute Gasteiger partial charge is 0.321 e. The summed E-state index contributed by atoms with van der Waals surface area (Å²) in [6.45, 7) is 8.44. The van der Waals surface area contributed by atoms with Crippen LogP contribution in [0.3, 0.4) is 0 Å². The average Bonchev–Trinajstić information content (AvgIpc) is 2.30. The van der Waals surface area contributed by atoms with Crippen LogP contribution in [-0.4, -0.2) is 34.8 Å². The third kappa shape index (κ3) is 7.36. The molecule has 0 aliphatic rings. The normalized spacial score (nSPS) is 14.4. The summed E-state index contributed by atoms with van der Waals surface area (Å²) in [5.41, 5.74) is 0.